The van der Waals surface area contributed by atoms with Crippen LogP contribution in [-0.4, -0.2) is 56.1 Å². The molecular weight excluding hydrogens is 412 g/mol. The van der Waals surface area contributed by atoms with Gasteiger partial charge in [-0.25, -0.2) is 0 Å². The van der Waals surface area contributed by atoms with E-state index in [1.165, 1.54) is 24.3 Å². The predicted octanol–water partition coefficient (Wildman–Crippen LogP) is 2.76. The SMILES string of the molecule is COCCCNC(=O)c1ccccc1N1CCC(NC(=O)c2ccc([N+](=O)[O-])cc2)CC1. The molecule has 2 N–H and O–H groups in total. The number of carbonyl (C=O) groups is 2. The number of nitrogens with one attached hydrogen (secondary N) is 2. The molecule has 170 valence electrons. The average Bonchev–Trinajstić information content (AvgIpc) is 2.82. The first-order valence-electron chi connectivity index (χ1n) is 10.7. The molecule has 0 saturated carbocycles. The largest absolute Gasteiger partial charge is 0.385 e. The van der Waals surface area contributed by atoms with Crippen LogP contribution in [0.5, 0.6) is 0 Å². The highest BCUT2D eigenvalue weighted by atomic mass is 16.6. The second-order valence-corrected chi connectivity index (χ2v) is 7.66. The third-order valence-electron chi connectivity index (χ3n) is 5.47. The molecule has 0 atom stereocenters. The Morgan fingerprint density at radius 3 is 2.44 bits per heavy atom. The zero-order valence-electron chi connectivity index (χ0n) is 18.1. The summed E-state index contributed by atoms with van der Waals surface area (Å²) in [7, 11) is 1.63. The van der Waals surface area contributed by atoms with Crippen LogP contribution in [0.3, 0.4) is 0 Å². The number of nitro benzene ring substituents is 1. The normalized spacial score (nSPS) is 14.1. The highest BCUT2D eigenvalue weighted by Crippen LogP contribution is 2.24. The number of amides is 2. The van der Waals surface area contributed by atoms with Gasteiger partial charge in [-0.2, -0.15) is 0 Å². The molecule has 9 nitrogen and oxygen atoms in total. The lowest BCUT2D eigenvalue weighted by Crippen LogP contribution is -2.45. The smallest absolute Gasteiger partial charge is 0.269 e. The van der Waals surface area contributed by atoms with Crippen molar-refractivity contribution < 1.29 is 19.2 Å². The molecule has 2 aromatic rings. The monoisotopic (exact) mass is 440 g/mol. The number of benzene rings is 2. The molecule has 0 aliphatic carbocycles. The van der Waals surface area contributed by atoms with Gasteiger partial charge in [-0.1, -0.05) is 12.1 Å². The average molecular weight is 441 g/mol. The Labute approximate surface area is 186 Å². The maximum atomic E-state index is 12.6. The summed E-state index contributed by atoms with van der Waals surface area (Å²) in [5.74, 6) is -0.348. The van der Waals surface area contributed by atoms with Crippen molar-refractivity contribution in [3.63, 3.8) is 0 Å². The number of methoxy groups -OCH3 is 1. The van der Waals surface area contributed by atoms with Crippen molar-refractivity contribution in [2.24, 2.45) is 0 Å². The van der Waals surface area contributed by atoms with Crippen LogP contribution in [0, 0.1) is 10.1 Å². The molecule has 0 bridgehead atoms. The van der Waals surface area contributed by atoms with Crippen molar-refractivity contribution in [2.75, 3.05) is 38.3 Å². The third-order valence-corrected chi connectivity index (χ3v) is 5.47. The Morgan fingerprint density at radius 1 is 1.09 bits per heavy atom. The molecule has 1 heterocycles. The molecule has 2 aromatic carbocycles. The van der Waals surface area contributed by atoms with Crippen molar-refractivity contribution in [2.45, 2.75) is 25.3 Å². The second kappa shape index (κ2) is 11.2. The van der Waals surface area contributed by atoms with Gasteiger partial charge in [0.2, 0.25) is 0 Å². The number of rotatable bonds is 9. The van der Waals surface area contributed by atoms with Crippen LogP contribution in [-0.2, 0) is 4.74 Å². The van der Waals surface area contributed by atoms with E-state index in [0.29, 0.717) is 37.4 Å². The van der Waals surface area contributed by atoms with Crippen LogP contribution in [0.2, 0.25) is 0 Å². The molecular formula is C23H28N4O5. The Morgan fingerprint density at radius 2 is 1.78 bits per heavy atom. The fourth-order valence-corrected chi connectivity index (χ4v) is 3.72. The van der Waals surface area contributed by atoms with Gasteiger partial charge in [-0.15, -0.1) is 0 Å². The van der Waals surface area contributed by atoms with E-state index in [0.717, 1.165) is 24.9 Å². The standard InChI is InChI=1S/C23H28N4O5/c1-32-16-4-13-24-23(29)20-5-2-3-6-21(20)26-14-11-18(12-15-26)25-22(28)17-7-9-19(10-8-17)27(30)31/h2-3,5-10,18H,4,11-16H2,1H3,(H,24,29)(H,25,28). The van der Waals surface area contributed by atoms with Crippen LogP contribution in [0.15, 0.2) is 48.5 Å². The van der Waals surface area contributed by atoms with E-state index in [4.69, 9.17) is 4.74 Å². The summed E-state index contributed by atoms with van der Waals surface area (Å²) in [4.78, 5) is 37.5. The number of non-ortho nitro benzene ring substituents is 1. The Bertz CT molecular complexity index is 940. The number of hydrogen-bond acceptors (Lipinski definition) is 6. The maximum Gasteiger partial charge on any atom is 0.269 e. The topological polar surface area (TPSA) is 114 Å². The Kier molecular flexibility index (Phi) is 8.15. The summed E-state index contributed by atoms with van der Waals surface area (Å²) in [5.41, 5.74) is 1.87. The van der Waals surface area contributed by atoms with Crippen LogP contribution >= 0.6 is 0 Å². The molecule has 0 spiro atoms. The fraction of sp³-hybridized carbons (Fsp3) is 0.391. The molecule has 0 radical (unpaired) electrons. The fourth-order valence-electron chi connectivity index (χ4n) is 3.72. The lowest BCUT2D eigenvalue weighted by atomic mass is 10.0. The summed E-state index contributed by atoms with van der Waals surface area (Å²) in [6.45, 7) is 2.57. The van der Waals surface area contributed by atoms with Crippen LogP contribution < -0.4 is 15.5 Å². The van der Waals surface area contributed by atoms with Gasteiger partial charge in [-0.05, 0) is 43.5 Å². The molecule has 0 aromatic heterocycles. The summed E-state index contributed by atoms with van der Waals surface area (Å²) in [6.07, 6.45) is 2.23. The van der Waals surface area contributed by atoms with Gasteiger partial charge in [0, 0.05) is 62.8 Å². The number of carbonyl (C=O) groups excluding carboxylic acids is 2. The summed E-state index contributed by atoms with van der Waals surface area (Å²) in [5, 5.41) is 16.7. The van der Waals surface area contributed by atoms with Crippen LogP contribution in [0.4, 0.5) is 11.4 Å². The van der Waals surface area contributed by atoms with Gasteiger partial charge in [0.15, 0.2) is 0 Å². The number of ether oxygens (including phenoxy) is 1. The van der Waals surface area contributed by atoms with Gasteiger partial charge in [0.05, 0.1) is 10.5 Å². The van der Waals surface area contributed by atoms with Gasteiger partial charge in [-0.3, -0.25) is 19.7 Å². The van der Waals surface area contributed by atoms with E-state index in [-0.39, 0.29) is 23.5 Å². The minimum absolute atomic E-state index is 0.00368. The molecule has 9 heteroatoms. The van der Waals surface area contributed by atoms with Crippen LogP contribution in [0.1, 0.15) is 40.0 Å². The Hall–Kier alpha value is -3.46. The van der Waals surface area contributed by atoms with Gasteiger partial charge < -0.3 is 20.3 Å². The summed E-state index contributed by atoms with van der Waals surface area (Å²) >= 11 is 0. The molecule has 2 amide bonds. The third kappa shape index (κ3) is 6.04. The van der Waals surface area contributed by atoms with Crippen molar-refractivity contribution in [1.29, 1.82) is 0 Å². The minimum atomic E-state index is -0.491. The molecule has 1 saturated heterocycles. The molecule has 32 heavy (non-hydrogen) atoms. The number of anilines is 1. The Balaban J connectivity index is 1.55. The maximum absolute atomic E-state index is 12.6. The summed E-state index contributed by atoms with van der Waals surface area (Å²) < 4.78 is 5.01. The number of para-hydroxylation sites is 1. The highest BCUT2D eigenvalue weighted by Gasteiger charge is 2.24. The summed E-state index contributed by atoms with van der Waals surface area (Å²) in [6, 6.07) is 13.1. The van der Waals surface area contributed by atoms with E-state index in [2.05, 4.69) is 15.5 Å². The minimum Gasteiger partial charge on any atom is -0.385 e. The first kappa shape index (κ1) is 23.2. The lowest BCUT2D eigenvalue weighted by molar-refractivity contribution is -0.384. The van der Waals surface area contributed by atoms with E-state index in [1.807, 2.05) is 24.3 Å². The quantitative estimate of drug-likeness (QED) is 0.352. The van der Waals surface area contributed by atoms with Crippen molar-refractivity contribution in [3.05, 3.63) is 69.8 Å². The molecule has 0 unspecified atom stereocenters. The van der Waals surface area contributed by atoms with Gasteiger partial charge >= 0.3 is 0 Å². The number of nitrogens with zero attached hydrogens (tertiary/aromatic N) is 2. The number of piperidine rings is 1. The molecule has 3 rings (SSSR count). The molecule has 1 aliphatic rings. The first-order chi connectivity index (χ1) is 15.5. The van der Waals surface area contributed by atoms with Gasteiger partial charge in [0.25, 0.3) is 17.5 Å². The molecule has 1 aliphatic heterocycles. The highest BCUT2D eigenvalue weighted by molar-refractivity contribution is 5.99. The zero-order valence-corrected chi connectivity index (χ0v) is 18.1. The van der Waals surface area contributed by atoms with Crippen LogP contribution in [0.25, 0.3) is 0 Å². The zero-order chi connectivity index (χ0) is 22.9. The van der Waals surface area contributed by atoms with Crippen molar-refractivity contribution in [1.82, 2.24) is 10.6 Å². The van der Waals surface area contributed by atoms with Gasteiger partial charge in [0.1, 0.15) is 0 Å². The number of nitro groups is 1. The van der Waals surface area contributed by atoms with E-state index in [9.17, 15) is 19.7 Å². The lowest BCUT2D eigenvalue weighted by Gasteiger charge is -2.35. The van der Waals surface area contributed by atoms with E-state index in [1.54, 1.807) is 7.11 Å². The number of hydrogen-bond donors (Lipinski definition) is 2. The first-order valence-corrected chi connectivity index (χ1v) is 10.7. The van der Waals surface area contributed by atoms with E-state index >= 15 is 0 Å². The van der Waals surface area contributed by atoms with Crippen molar-refractivity contribution >= 4 is 23.2 Å². The second-order valence-electron chi connectivity index (χ2n) is 7.66. The molecule has 1 fully saturated rings. The van der Waals surface area contributed by atoms with Crippen molar-refractivity contribution in [3.8, 4) is 0 Å². The predicted molar refractivity (Wildman–Crippen MR) is 121 cm³/mol. The van der Waals surface area contributed by atoms with E-state index < -0.39 is 4.92 Å².